The van der Waals surface area contributed by atoms with Crippen molar-refractivity contribution < 1.29 is 8.42 Å². The van der Waals surface area contributed by atoms with E-state index in [4.69, 9.17) is 5.73 Å². The number of benzene rings is 2. The van der Waals surface area contributed by atoms with Gasteiger partial charge in [-0.3, -0.25) is 0 Å². The Bertz CT molecular complexity index is 679. The third-order valence-electron chi connectivity index (χ3n) is 3.26. The van der Waals surface area contributed by atoms with Crippen LogP contribution in [0.2, 0.25) is 0 Å². The van der Waals surface area contributed by atoms with E-state index in [0.29, 0.717) is 22.6 Å². The zero-order valence-electron chi connectivity index (χ0n) is 11.5. The maximum atomic E-state index is 12.3. The Labute approximate surface area is 120 Å². The van der Waals surface area contributed by atoms with Crippen LogP contribution in [0, 0.1) is 6.92 Å². The van der Waals surface area contributed by atoms with Crippen molar-refractivity contribution >= 4 is 15.5 Å². The number of rotatable bonds is 5. The molecule has 0 heterocycles. The lowest BCUT2D eigenvalue weighted by atomic mass is 10.1. The van der Waals surface area contributed by atoms with E-state index in [2.05, 4.69) is 0 Å². The summed E-state index contributed by atoms with van der Waals surface area (Å²) in [5, 5.41) is 0. The van der Waals surface area contributed by atoms with E-state index in [9.17, 15) is 8.42 Å². The summed E-state index contributed by atoms with van der Waals surface area (Å²) in [5.41, 5.74) is 8.12. The van der Waals surface area contributed by atoms with E-state index in [0.717, 1.165) is 12.0 Å². The summed E-state index contributed by atoms with van der Waals surface area (Å²) in [6.07, 6.45) is 1.39. The van der Waals surface area contributed by atoms with Gasteiger partial charge < -0.3 is 5.73 Å². The summed E-state index contributed by atoms with van der Waals surface area (Å²) in [7, 11) is -3.23. The first-order chi connectivity index (χ1) is 9.49. The Morgan fingerprint density at radius 1 is 1.05 bits per heavy atom. The van der Waals surface area contributed by atoms with Crippen molar-refractivity contribution in [2.75, 3.05) is 11.5 Å². The smallest absolute Gasteiger partial charge is 0.178 e. The van der Waals surface area contributed by atoms with Crippen molar-refractivity contribution in [1.29, 1.82) is 0 Å². The highest BCUT2D eigenvalue weighted by Gasteiger charge is 2.16. The van der Waals surface area contributed by atoms with Gasteiger partial charge in [0, 0.05) is 5.69 Å². The Morgan fingerprint density at radius 2 is 1.75 bits per heavy atom. The molecule has 0 saturated carbocycles. The molecule has 0 aliphatic rings. The summed E-state index contributed by atoms with van der Waals surface area (Å²) in [4.78, 5) is 0.389. The second-order valence-corrected chi connectivity index (χ2v) is 7.01. The molecule has 2 aromatic carbocycles. The summed E-state index contributed by atoms with van der Waals surface area (Å²) >= 11 is 0. The number of sulfone groups is 1. The van der Waals surface area contributed by atoms with E-state index in [-0.39, 0.29) is 5.75 Å². The lowest BCUT2D eigenvalue weighted by Gasteiger charge is -2.08. The van der Waals surface area contributed by atoms with Crippen molar-refractivity contribution in [3.63, 3.8) is 0 Å². The summed E-state index contributed by atoms with van der Waals surface area (Å²) < 4.78 is 24.6. The molecule has 3 nitrogen and oxygen atoms in total. The average Bonchev–Trinajstić information content (AvgIpc) is 2.39. The zero-order valence-corrected chi connectivity index (χ0v) is 12.4. The molecule has 0 aromatic heterocycles. The highest BCUT2D eigenvalue weighted by molar-refractivity contribution is 7.91. The third-order valence-corrected chi connectivity index (χ3v) is 5.21. The number of nitrogens with two attached hydrogens (primary N) is 1. The van der Waals surface area contributed by atoms with Gasteiger partial charge in [0.15, 0.2) is 9.84 Å². The largest absolute Gasteiger partial charge is 0.399 e. The van der Waals surface area contributed by atoms with E-state index in [1.54, 1.807) is 25.1 Å². The first-order valence-corrected chi connectivity index (χ1v) is 8.27. The van der Waals surface area contributed by atoms with Crippen molar-refractivity contribution in [2.45, 2.75) is 24.7 Å². The molecule has 20 heavy (non-hydrogen) atoms. The fraction of sp³-hybridized carbons (Fsp3) is 0.250. The first kappa shape index (κ1) is 14.6. The van der Waals surface area contributed by atoms with Crippen LogP contribution < -0.4 is 5.73 Å². The molecule has 0 amide bonds. The van der Waals surface area contributed by atoms with E-state index in [1.165, 1.54) is 0 Å². The van der Waals surface area contributed by atoms with Gasteiger partial charge in [-0.2, -0.15) is 0 Å². The number of hydrogen-bond donors (Lipinski definition) is 1. The molecule has 4 heteroatoms. The third kappa shape index (κ3) is 3.61. The van der Waals surface area contributed by atoms with Crippen molar-refractivity contribution in [1.82, 2.24) is 0 Å². The van der Waals surface area contributed by atoms with Gasteiger partial charge in [-0.05, 0) is 49.1 Å². The lowest BCUT2D eigenvalue weighted by molar-refractivity contribution is 0.592. The van der Waals surface area contributed by atoms with Crippen molar-refractivity contribution in [2.24, 2.45) is 0 Å². The highest BCUT2D eigenvalue weighted by atomic mass is 32.2. The SMILES string of the molecule is Cc1cc(N)ccc1S(=O)(=O)CCCc1ccccc1. The van der Waals surface area contributed by atoms with Crippen LogP contribution in [0.1, 0.15) is 17.5 Å². The number of aryl methyl sites for hydroxylation is 2. The molecular weight excluding hydrogens is 270 g/mol. The Balaban J connectivity index is 2.04. The van der Waals surface area contributed by atoms with Gasteiger partial charge in [0.25, 0.3) is 0 Å². The van der Waals surface area contributed by atoms with Gasteiger partial charge in [0.1, 0.15) is 0 Å². The molecule has 0 spiro atoms. The Morgan fingerprint density at radius 3 is 2.40 bits per heavy atom. The minimum Gasteiger partial charge on any atom is -0.399 e. The fourth-order valence-electron chi connectivity index (χ4n) is 2.24. The minimum absolute atomic E-state index is 0.159. The van der Waals surface area contributed by atoms with E-state index >= 15 is 0 Å². The Kier molecular flexibility index (Phi) is 4.45. The quantitative estimate of drug-likeness (QED) is 0.861. The second kappa shape index (κ2) is 6.09. The maximum Gasteiger partial charge on any atom is 0.178 e. The van der Waals surface area contributed by atoms with E-state index < -0.39 is 9.84 Å². The molecular formula is C16H19NO2S. The van der Waals surface area contributed by atoms with Gasteiger partial charge in [-0.25, -0.2) is 8.42 Å². The molecule has 2 N–H and O–H groups in total. The monoisotopic (exact) mass is 289 g/mol. The molecule has 0 radical (unpaired) electrons. The summed E-state index contributed by atoms with van der Waals surface area (Å²) in [5.74, 6) is 0.159. The fourth-order valence-corrected chi connectivity index (χ4v) is 3.81. The van der Waals surface area contributed by atoms with Gasteiger partial charge in [0.2, 0.25) is 0 Å². The summed E-state index contributed by atoms with van der Waals surface area (Å²) in [6, 6.07) is 14.9. The lowest BCUT2D eigenvalue weighted by Crippen LogP contribution is -2.09. The molecule has 0 unspecified atom stereocenters. The highest BCUT2D eigenvalue weighted by Crippen LogP contribution is 2.20. The molecule has 0 saturated heterocycles. The second-order valence-electron chi connectivity index (χ2n) is 4.93. The molecule has 0 fully saturated rings. The van der Waals surface area contributed by atoms with Crippen LogP contribution >= 0.6 is 0 Å². The van der Waals surface area contributed by atoms with Crippen molar-refractivity contribution in [3.05, 3.63) is 59.7 Å². The van der Waals surface area contributed by atoms with Gasteiger partial charge in [-0.15, -0.1) is 0 Å². The normalized spacial score (nSPS) is 11.4. The van der Waals surface area contributed by atoms with Crippen LogP contribution in [-0.4, -0.2) is 14.2 Å². The van der Waals surface area contributed by atoms with Gasteiger partial charge >= 0.3 is 0 Å². The molecule has 106 valence electrons. The summed E-state index contributed by atoms with van der Waals surface area (Å²) in [6.45, 7) is 1.78. The molecule has 2 rings (SSSR count). The van der Waals surface area contributed by atoms with Gasteiger partial charge in [-0.1, -0.05) is 30.3 Å². The molecule has 0 bridgehead atoms. The minimum atomic E-state index is -3.23. The van der Waals surface area contributed by atoms with Crippen LogP contribution in [0.25, 0.3) is 0 Å². The number of nitrogen functional groups attached to an aromatic ring is 1. The van der Waals surface area contributed by atoms with Gasteiger partial charge in [0.05, 0.1) is 10.6 Å². The van der Waals surface area contributed by atoms with Crippen LogP contribution in [-0.2, 0) is 16.3 Å². The van der Waals surface area contributed by atoms with Crippen LogP contribution in [0.3, 0.4) is 0 Å². The number of anilines is 1. The predicted molar refractivity (Wildman–Crippen MR) is 82.4 cm³/mol. The average molecular weight is 289 g/mol. The van der Waals surface area contributed by atoms with Crippen LogP contribution in [0.4, 0.5) is 5.69 Å². The van der Waals surface area contributed by atoms with E-state index in [1.807, 2.05) is 30.3 Å². The molecule has 0 atom stereocenters. The first-order valence-electron chi connectivity index (χ1n) is 6.62. The zero-order chi connectivity index (χ0) is 14.6. The Hall–Kier alpha value is -1.81. The van der Waals surface area contributed by atoms with Crippen LogP contribution in [0.5, 0.6) is 0 Å². The van der Waals surface area contributed by atoms with Crippen molar-refractivity contribution in [3.8, 4) is 0 Å². The topological polar surface area (TPSA) is 60.2 Å². The standard InChI is InChI=1S/C16H19NO2S/c1-13-12-15(17)9-10-16(13)20(18,19)11-5-8-14-6-3-2-4-7-14/h2-4,6-7,9-10,12H,5,8,11,17H2,1H3. The molecule has 0 aliphatic carbocycles. The number of hydrogen-bond acceptors (Lipinski definition) is 3. The predicted octanol–water partition coefficient (Wildman–Crippen LogP) is 2.98. The molecule has 0 aliphatic heterocycles. The molecule has 2 aromatic rings. The maximum absolute atomic E-state index is 12.3. The van der Waals surface area contributed by atoms with Crippen LogP contribution in [0.15, 0.2) is 53.4 Å².